The van der Waals surface area contributed by atoms with Crippen LogP contribution in [0.1, 0.15) is 68.4 Å². The van der Waals surface area contributed by atoms with Crippen LogP contribution in [0.2, 0.25) is 0 Å². The summed E-state index contributed by atoms with van der Waals surface area (Å²) in [6.07, 6.45) is 8.71. The summed E-state index contributed by atoms with van der Waals surface area (Å²) in [4.78, 5) is 9.22. The van der Waals surface area contributed by atoms with Gasteiger partial charge in [0.15, 0.2) is 0 Å². The Morgan fingerprint density at radius 3 is 2.29 bits per heavy atom. The van der Waals surface area contributed by atoms with Crippen molar-refractivity contribution < 1.29 is 0 Å². The van der Waals surface area contributed by atoms with E-state index in [2.05, 4.69) is 23.8 Å². The Bertz CT molecular complexity index is 356. The molecule has 0 unspecified atom stereocenters. The maximum absolute atomic E-state index is 6.03. The maximum atomic E-state index is 6.03. The number of hydrogen-bond acceptors (Lipinski definition) is 3. The molecule has 2 N–H and O–H groups in total. The van der Waals surface area contributed by atoms with E-state index in [0.29, 0.717) is 11.7 Å². The monoisotopic (exact) mass is 233 g/mol. The van der Waals surface area contributed by atoms with Gasteiger partial charge < -0.3 is 5.73 Å². The SMILES string of the molecule is CCc1c(C)nc(C2CCCCCC2)nc1N. The summed E-state index contributed by atoms with van der Waals surface area (Å²) < 4.78 is 0. The topological polar surface area (TPSA) is 51.8 Å². The lowest BCUT2D eigenvalue weighted by Crippen LogP contribution is -2.10. The van der Waals surface area contributed by atoms with Crippen LogP contribution in [0.5, 0.6) is 0 Å². The van der Waals surface area contributed by atoms with Gasteiger partial charge in [0.05, 0.1) is 0 Å². The van der Waals surface area contributed by atoms with Crippen LogP contribution in [-0.2, 0) is 6.42 Å². The number of hydrogen-bond donors (Lipinski definition) is 1. The first kappa shape index (κ1) is 12.3. The molecule has 0 aromatic carbocycles. The van der Waals surface area contributed by atoms with Gasteiger partial charge in [0, 0.05) is 17.2 Å². The third-order valence-corrected chi connectivity index (χ3v) is 3.84. The van der Waals surface area contributed by atoms with Crippen molar-refractivity contribution in [2.75, 3.05) is 5.73 Å². The third-order valence-electron chi connectivity index (χ3n) is 3.84. The number of anilines is 1. The first-order valence-corrected chi connectivity index (χ1v) is 6.85. The first-order chi connectivity index (χ1) is 8.22. The average Bonchev–Trinajstić information content (AvgIpc) is 2.57. The van der Waals surface area contributed by atoms with E-state index in [1.807, 2.05) is 0 Å². The minimum absolute atomic E-state index is 0.532. The van der Waals surface area contributed by atoms with Gasteiger partial charge in [0.1, 0.15) is 11.6 Å². The molecule has 1 aromatic rings. The van der Waals surface area contributed by atoms with Gasteiger partial charge in [0.25, 0.3) is 0 Å². The van der Waals surface area contributed by atoms with Crippen LogP contribution in [0.15, 0.2) is 0 Å². The van der Waals surface area contributed by atoms with Crippen LogP contribution in [0.4, 0.5) is 5.82 Å². The average molecular weight is 233 g/mol. The molecule has 0 amide bonds. The van der Waals surface area contributed by atoms with Crippen molar-refractivity contribution in [1.82, 2.24) is 9.97 Å². The van der Waals surface area contributed by atoms with Gasteiger partial charge in [-0.05, 0) is 26.2 Å². The molecule has 0 spiro atoms. The molecular weight excluding hydrogens is 210 g/mol. The molecule has 17 heavy (non-hydrogen) atoms. The van der Waals surface area contributed by atoms with Crippen LogP contribution >= 0.6 is 0 Å². The van der Waals surface area contributed by atoms with Crippen LogP contribution in [-0.4, -0.2) is 9.97 Å². The highest BCUT2D eigenvalue weighted by atomic mass is 15.0. The standard InChI is InChI=1S/C14H23N3/c1-3-12-10(2)16-14(17-13(12)15)11-8-6-4-5-7-9-11/h11H,3-9H2,1-2H3,(H2,15,16,17). The van der Waals surface area contributed by atoms with E-state index >= 15 is 0 Å². The van der Waals surface area contributed by atoms with E-state index in [0.717, 1.165) is 23.5 Å². The molecule has 0 bridgehead atoms. The van der Waals surface area contributed by atoms with E-state index in [1.165, 1.54) is 38.5 Å². The van der Waals surface area contributed by atoms with Crippen molar-refractivity contribution >= 4 is 5.82 Å². The molecule has 94 valence electrons. The van der Waals surface area contributed by atoms with Gasteiger partial charge in [-0.15, -0.1) is 0 Å². The van der Waals surface area contributed by atoms with Crippen molar-refractivity contribution in [1.29, 1.82) is 0 Å². The van der Waals surface area contributed by atoms with E-state index in [9.17, 15) is 0 Å². The molecule has 2 rings (SSSR count). The molecule has 1 saturated carbocycles. The number of rotatable bonds is 2. The fraction of sp³-hybridized carbons (Fsp3) is 0.714. The predicted octanol–water partition coefficient (Wildman–Crippen LogP) is 3.37. The van der Waals surface area contributed by atoms with Crippen LogP contribution < -0.4 is 5.73 Å². The molecule has 0 aliphatic heterocycles. The summed E-state index contributed by atoms with van der Waals surface area (Å²) >= 11 is 0. The Labute approximate surface area is 104 Å². The molecule has 0 radical (unpaired) electrons. The number of aromatic nitrogens is 2. The molecule has 1 aliphatic carbocycles. The fourth-order valence-electron chi connectivity index (χ4n) is 2.80. The normalized spacial score (nSPS) is 18.0. The molecule has 0 saturated heterocycles. The maximum Gasteiger partial charge on any atom is 0.134 e. The molecular formula is C14H23N3. The van der Waals surface area contributed by atoms with Gasteiger partial charge in [-0.3, -0.25) is 0 Å². The Morgan fingerprint density at radius 2 is 1.76 bits per heavy atom. The van der Waals surface area contributed by atoms with Gasteiger partial charge in [-0.25, -0.2) is 9.97 Å². The van der Waals surface area contributed by atoms with Gasteiger partial charge in [-0.1, -0.05) is 32.6 Å². The molecule has 1 fully saturated rings. The zero-order valence-corrected chi connectivity index (χ0v) is 11.0. The van der Waals surface area contributed by atoms with Crippen molar-refractivity contribution in [3.8, 4) is 0 Å². The zero-order valence-electron chi connectivity index (χ0n) is 11.0. The van der Waals surface area contributed by atoms with Gasteiger partial charge in [-0.2, -0.15) is 0 Å². The second-order valence-electron chi connectivity index (χ2n) is 5.07. The van der Waals surface area contributed by atoms with Crippen LogP contribution in [0, 0.1) is 6.92 Å². The number of aryl methyl sites for hydroxylation is 1. The highest BCUT2D eigenvalue weighted by Crippen LogP contribution is 2.30. The van der Waals surface area contributed by atoms with E-state index in [1.54, 1.807) is 0 Å². The van der Waals surface area contributed by atoms with Gasteiger partial charge in [0.2, 0.25) is 0 Å². The van der Waals surface area contributed by atoms with E-state index in [-0.39, 0.29) is 0 Å². The lowest BCUT2D eigenvalue weighted by atomic mass is 9.99. The second-order valence-corrected chi connectivity index (χ2v) is 5.07. The van der Waals surface area contributed by atoms with Gasteiger partial charge >= 0.3 is 0 Å². The van der Waals surface area contributed by atoms with Crippen molar-refractivity contribution in [3.05, 3.63) is 17.1 Å². The number of nitrogens with zero attached hydrogens (tertiary/aromatic N) is 2. The van der Waals surface area contributed by atoms with Crippen molar-refractivity contribution in [3.63, 3.8) is 0 Å². The lowest BCUT2D eigenvalue weighted by Gasteiger charge is -2.15. The molecule has 3 heteroatoms. The zero-order chi connectivity index (χ0) is 12.3. The molecule has 1 aliphatic rings. The third kappa shape index (κ3) is 2.76. The van der Waals surface area contributed by atoms with Crippen LogP contribution in [0.25, 0.3) is 0 Å². The second kappa shape index (κ2) is 5.48. The van der Waals surface area contributed by atoms with E-state index < -0.39 is 0 Å². The summed E-state index contributed by atoms with van der Waals surface area (Å²) in [5.41, 5.74) is 8.21. The highest BCUT2D eigenvalue weighted by molar-refractivity contribution is 5.42. The Balaban J connectivity index is 2.26. The Morgan fingerprint density at radius 1 is 1.12 bits per heavy atom. The molecule has 1 aromatic heterocycles. The largest absolute Gasteiger partial charge is 0.383 e. The number of nitrogen functional groups attached to an aromatic ring is 1. The quantitative estimate of drug-likeness (QED) is 0.797. The smallest absolute Gasteiger partial charge is 0.134 e. The summed E-state index contributed by atoms with van der Waals surface area (Å²) in [7, 11) is 0. The van der Waals surface area contributed by atoms with E-state index in [4.69, 9.17) is 5.73 Å². The summed E-state index contributed by atoms with van der Waals surface area (Å²) in [5, 5.41) is 0. The lowest BCUT2D eigenvalue weighted by molar-refractivity contribution is 0.558. The molecule has 0 atom stereocenters. The van der Waals surface area contributed by atoms with Crippen molar-refractivity contribution in [2.24, 2.45) is 0 Å². The fourth-order valence-corrected chi connectivity index (χ4v) is 2.80. The molecule has 1 heterocycles. The summed E-state index contributed by atoms with van der Waals surface area (Å²) in [6, 6.07) is 0. The summed E-state index contributed by atoms with van der Waals surface area (Å²) in [5.74, 6) is 2.21. The van der Waals surface area contributed by atoms with Crippen LogP contribution in [0.3, 0.4) is 0 Å². The molecule has 3 nitrogen and oxygen atoms in total. The highest BCUT2D eigenvalue weighted by Gasteiger charge is 2.18. The van der Waals surface area contributed by atoms with Crippen molar-refractivity contribution in [2.45, 2.75) is 64.7 Å². The minimum atomic E-state index is 0.532. The summed E-state index contributed by atoms with van der Waals surface area (Å²) in [6.45, 7) is 4.16. The minimum Gasteiger partial charge on any atom is -0.383 e. The predicted molar refractivity (Wildman–Crippen MR) is 71.0 cm³/mol. The Kier molecular flexibility index (Phi) is 3.97. The number of nitrogens with two attached hydrogens (primary N) is 1. The first-order valence-electron chi connectivity index (χ1n) is 6.85. The Hall–Kier alpha value is -1.12.